The van der Waals surface area contributed by atoms with Gasteiger partial charge in [0, 0.05) is 31.3 Å². The van der Waals surface area contributed by atoms with E-state index < -0.39 is 5.54 Å². The summed E-state index contributed by atoms with van der Waals surface area (Å²) < 4.78 is 0. The molecule has 3 rings (SSSR count). The molecular weight excluding hydrogens is 508 g/mol. The molecule has 1 amide bonds. The van der Waals surface area contributed by atoms with Crippen molar-refractivity contribution < 1.29 is 14.7 Å². The summed E-state index contributed by atoms with van der Waals surface area (Å²) in [4.78, 5) is 22.2. The molecule has 0 saturated heterocycles. The van der Waals surface area contributed by atoms with E-state index in [1.165, 1.54) is 37.7 Å². The molecule has 0 bridgehead atoms. The van der Waals surface area contributed by atoms with E-state index in [2.05, 4.69) is 70.4 Å². The Labute approximate surface area is 244 Å². The highest BCUT2D eigenvalue weighted by molar-refractivity contribution is 6.31. The van der Waals surface area contributed by atoms with Crippen molar-refractivity contribution in [2.45, 2.75) is 118 Å². The molecule has 6 heteroatoms. The van der Waals surface area contributed by atoms with Crippen molar-refractivity contribution in [1.29, 1.82) is 0 Å². The van der Waals surface area contributed by atoms with Gasteiger partial charge in [0.2, 0.25) is 6.41 Å². The maximum absolute atomic E-state index is 11.1. The van der Waals surface area contributed by atoms with E-state index in [0.29, 0.717) is 36.6 Å². The summed E-state index contributed by atoms with van der Waals surface area (Å²) in [6, 6.07) is 6.59. The third kappa shape index (κ3) is 11.0. The number of amides is 1. The van der Waals surface area contributed by atoms with Crippen LogP contribution in [0.2, 0.25) is 5.02 Å². The lowest BCUT2D eigenvalue weighted by atomic mass is 9.70. The molecule has 2 saturated carbocycles. The van der Waals surface area contributed by atoms with E-state index in [0.717, 1.165) is 42.4 Å². The van der Waals surface area contributed by atoms with Crippen molar-refractivity contribution in [3.05, 3.63) is 46.1 Å². The Hall–Kier alpha value is -1.69. The highest BCUT2D eigenvalue weighted by Gasteiger charge is 2.49. The number of nitrogens with one attached hydrogen (secondary N) is 2. The van der Waals surface area contributed by atoms with Gasteiger partial charge in [-0.25, -0.2) is 0 Å². The van der Waals surface area contributed by atoms with Gasteiger partial charge in [-0.1, -0.05) is 85.5 Å². The zero-order valence-corrected chi connectivity index (χ0v) is 27.0. The minimum atomic E-state index is -0.441. The fourth-order valence-electron chi connectivity index (χ4n) is 5.50. The summed E-state index contributed by atoms with van der Waals surface area (Å²) in [7, 11) is 1.00. The number of rotatable bonds is 11. The molecule has 0 aliphatic heterocycles. The number of aliphatic hydroxyl groups is 1. The largest absolute Gasteiger partial charge is 0.400 e. The lowest BCUT2D eigenvalue weighted by molar-refractivity contribution is -0.109. The zero-order chi connectivity index (χ0) is 30.1. The van der Waals surface area contributed by atoms with Crippen LogP contribution in [0, 0.1) is 17.3 Å². The van der Waals surface area contributed by atoms with Crippen LogP contribution in [0.4, 0.5) is 0 Å². The van der Waals surface area contributed by atoms with Gasteiger partial charge in [0.15, 0.2) is 0 Å². The Morgan fingerprint density at radius 1 is 1.10 bits per heavy atom. The van der Waals surface area contributed by atoms with Gasteiger partial charge in [-0.15, -0.1) is 0 Å². The maximum Gasteiger partial charge on any atom is 0.211 e. The first-order chi connectivity index (χ1) is 18.7. The number of benzene rings is 1. The van der Waals surface area contributed by atoms with Crippen molar-refractivity contribution in [2.75, 3.05) is 13.7 Å². The monoisotopic (exact) mass is 564 g/mol. The van der Waals surface area contributed by atoms with E-state index in [9.17, 15) is 9.59 Å². The third-order valence-corrected chi connectivity index (χ3v) is 7.80. The van der Waals surface area contributed by atoms with Crippen LogP contribution >= 0.6 is 11.6 Å². The normalized spacial score (nSPS) is 18.2. The molecule has 2 aliphatic carbocycles. The zero-order valence-electron chi connectivity index (χ0n) is 26.2. The molecule has 0 unspecified atom stereocenters. The molecule has 2 fully saturated rings. The van der Waals surface area contributed by atoms with Gasteiger partial charge in [-0.3, -0.25) is 4.79 Å². The molecular formula is C33H57ClN2O3. The van der Waals surface area contributed by atoms with Gasteiger partial charge >= 0.3 is 0 Å². The summed E-state index contributed by atoms with van der Waals surface area (Å²) in [6.45, 7) is 17.8. The van der Waals surface area contributed by atoms with Gasteiger partial charge in [0.1, 0.15) is 6.29 Å². The summed E-state index contributed by atoms with van der Waals surface area (Å²) in [5.41, 5.74) is 3.49. The molecule has 39 heavy (non-hydrogen) atoms. The molecule has 0 radical (unpaired) electrons. The summed E-state index contributed by atoms with van der Waals surface area (Å²) >= 11 is 6.94. The second-order valence-electron chi connectivity index (χ2n) is 11.4. The molecule has 1 aromatic carbocycles. The second-order valence-corrected chi connectivity index (χ2v) is 11.8. The van der Waals surface area contributed by atoms with Crippen LogP contribution in [0.5, 0.6) is 0 Å². The summed E-state index contributed by atoms with van der Waals surface area (Å²) in [5.74, 6) is 1.14. The van der Waals surface area contributed by atoms with Crippen LogP contribution in [-0.2, 0) is 15.1 Å². The number of halogens is 1. The predicted molar refractivity (Wildman–Crippen MR) is 167 cm³/mol. The highest BCUT2D eigenvalue weighted by atomic mass is 35.5. The van der Waals surface area contributed by atoms with Crippen LogP contribution in [-0.4, -0.2) is 31.5 Å². The molecule has 1 aromatic rings. The first-order valence-corrected chi connectivity index (χ1v) is 15.4. The fraction of sp³-hybridized carbons (Fsp3) is 0.697. The Morgan fingerprint density at radius 2 is 1.67 bits per heavy atom. The van der Waals surface area contributed by atoms with Gasteiger partial charge in [0.05, 0.1) is 5.54 Å². The highest BCUT2D eigenvalue weighted by Crippen LogP contribution is 2.53. The van der Waals surface area contributed by atoms with E-state index in [1.54, 1.807) is 0 Å². The van der Waals surface area contributed by atoms with Crippen LogP contribution in [0.15, 0.2) is 30.0 Å². The van der Waals surface area contributed by atoms with Crippen molar-refractivity contribution >= 4 is 24.3 Å². The first-order valence-electron chi connectivity index (χ1n) is 15.0. The number of carbonyl (C=O) groups excluding carboxylic acids is 2. The summed E-state index contributed by atoms with van der Waals surface area (Å²) in [6.07, 6.45) is 12.2. The Morgan fingerprint density at radius 3 is 2.10 bits per heavy atom. The van der Waals surface area contributed by atoms with Gasteiger partial charge in [-0.05, 0) is 84.5 Å². The topological polar surface area (TPSA) is 78.4 Å². The van der Waals surface area contributed by atoms with Crippen molar-refractivity contribution in [3.63, 3.8) is 0 Å². The van der Waals surface area contributed by atoms with E-state index in [-0.39, 0.29) is 5.92 Å². The van der Waals surface area contributed by atoms with Crippen LogP contribution < -0.4 is 10.6 Å². The summed E-state index contributed by atoms with van der Waals surface area (Å²) in [5, 5.41) is 14.3. The van der Waals surface area contributed by atoms with Crippen molar-refractivity contribution in [1.82, 2.24) is 10.6 Å². The van der Waals surface area contributed by atoms with Crippen molar-refractivity contribution in [2.24, 2.45) is 17.3 Å². The predicted octanol–water partition coefficient (Wildman–Crippen LogP) is 8.14. The second kappa shape index (κ2) is 19.4. The lowest BCUT2D eigenvalue weighted by Gasteiger charge is -2.41. The average molecular weight is 565 g/mol. The third-order valence-electron chi connectivity index (χ3n) is 7.47. The molecule has 224 valence electrons. The van der Waals surface area contributed by atoms with E-state index in [4.69, 9.17) is 16.7 Å². The molecule has 0 aromatic heterocycles. The van der Waals surface area contributed by atoms with Crippen LogP contribution in [0.1, 0.15) is 124 Å². The molecule has 3 N–H and O–H groups in total. The minimum absolute atomic E-state index is 0.214. The molecule has 0 spiro atoms. The first kappa shape index (κ1) is 37.3. The quantitative estimate of drug-likeness (QED) is 0.187. The number of aliphatic hydroxyl groups excluding tert-OH is 1. The van der Waals surface area contributed by atoms with Gasteiger partial charge in [0.25, 0.3) is 0 Å². The van der Waals surface area contributed by atoms with Crippen LogP contribution in [0.25, 0.3) is 0 Å². The lowest BCUT2D eigenvalue weighted by Crippen LogP contribution is -2.48. The van der Waals surface area contributed by atoms with E-state index in [1.807, 2.05) is 20.0 Å². The number of carbonyl (C=O) groups is 2. The Kier molecular flexibility index (Phi) is 18.6. The number of hydrogen-bond donors (Lipinski definition) is 3. The SMILES string of the molecule is CC.CC(C)/C(=C/NC=O)[C@@](NCCC=O)(c1ccc(C2CCC(C)(C)CC2)c(Cl)c1)C1CC1.CCC.CO. The number of aldehydes is 1. The molecule has 2 aliphatic rings. The molecule has 0 heterocycles. The van der Waals surface area contributed by atoms with Crippen molar-refractivity contribution in [3.8, 4) is 0 Å². The maximum atomic E-state index is 11.1. The van der Waals surface area contributed by atoms with Gasteiger partial charge < -0.3 is 20.5 Å². The smallest absolute Gasteiger partial charge is 0.211 e. The Bertz CT molecular complexity index is 855. The Balaban J connectivity index is 0.00000189. The minimum Gasteiger partial charge on any atom is -0.400 e. The molecule has 5 nitrogen and oxygen atoms in total. The van der Waals surface area contributed by atoms with Crippen LogP contribution in [0.3, 0.4) is 0 Å². The average Bonchev–Trinajstić information content (AvgIpc) is 3.77. The number of hydrogen-bond acceptors (Lipinski definition) is 4. The van der Waals surface area contributed by atoms with Gasteiger partial charge in [-0.2, -0.15) is 0 Å². The fourth-order valence-corrected chi connectivity index (χ4v) is 5.84. The van der Waals surface area contributed by atoms with E-state index >= 15 is 0 Å². The standard InChI is InChI=1S/C27H39ClN2O2.C3H8.C2H6.CH4O/c1-19(2)24(17-29-18-32)27(21-6-7-21,30-14-5-15-31)22-8-9-23(25(28)16-22)20-10-12-26(3,4)13-11-20;1-3-2;2*1-2/h8-9,15-21,30H,5-7,10-14H2,1-4H3,(H,29,32);3H2,1-2H3;1-2H3;2H,1H3/b24-17-;;;/t27-;;;/m0.../s1. The molecule has 1 atom stereocenters.